The molecule has 0 amide bonds. The van der Waals surface area contributed by atoms with E-state index in [9.17, 15) is 0 Å². The second-order valence-electron chi connectivity index (χ2n) is 7.03. The Balaban J connectivity index is 0.00000140. The SMILES string of the molecule is CCc1nc(-c2cccc(C)c2)c(-c2ccnc(CN3CCCC3)c2)s1.Cl.Cl. The van der Waals surface area contributed by atoms with Crippen molar-refractivity contribution in [3.8, 4) is 21.7 Å². The predicted molar refractivity (Wildman–Crippen MR) is 124 cm³/mol. The van der Waals surface area contributed by atoms with E-state index in [0.29, 0.717) is 0 Å². The topological polar surface area (TPSA) is 29.0 Å². The number of hydrogen-bond donors (Lipinski definition) is 0. The molecule has 6 heteroatoms. The summed E-state index contributed by atoms with van der Waals surface area (Å²) in [6, 6.07) is 13.0. The standard InChI is InChI=1S/C22H25N3S.2ClH/c1-3-20-24-21(17-8-6-7-16(2)13-17)22(26-20)18-9-10-23-19(14-18)15-25-11-4-5-12-25;;/h6-10,13-14H,3-5,11-12,15H2,1-2H3;2*1H. The van der Waals surface area contributed by atoms with Crippen LogP contribution in [-0.2, 0) is 13.0 Å². The Kier molecular flexibility index (Phi) is 8.44. The van der Waals surface area contributed by atoms with Gasteiger partial charge < -0.3 is 0 Å². The van der Waals surface area contributed by atoms with Crippen molar-refractivity contribution in [2.45, 2.75) is 39.7 Å². The largest absolute Gasteiger partial charge is 0.298 e. The van der Waals surface area contributed by atoms with Crippen LogP contribution in [0.2, 0.25) is 0 Å². The van der Waals surface area contributed by atoms with E-state index in [1.165, 1.54) is 52.5 Å². The highest BCUT2D eigenvalue weighted by atomic mass is 35.5. The molecule has 1 aliphatic rings. The molecule has 28 heavy (non-hydrogen) atoms. The highest BCUT2D eigenvalue weighted by Crippen LogP contribution is 2.37. The van der Waals surface area contributed by atoms with E-state index < -0.39 is 0 Å². The summed E-state index contributed by atoms with van der Waals surface area (Å²) in [7, 11) is 0. The average Bonchev–Trinajstić information content (AvgIpc) is 3.31. The van der Waals surface area contributed by atoms with Crippen LogP contribution in [0.4, 0.5) is 0 Å². The molecule has 3 aromatic rings. The first-order valence-electron chi connectivity index (χ1n) is 9.47. The smallest absolute Gasteiger partial charge is 0.0936 e. The van der Waals surface area contributed by atoms with Crippen LogP contribution < -0.4 is 0 Å². The summed E-state index contributed by atoms with van der Waals surface area (Å²) in [6.45, 7) is 7.65. The lowest BCUT2D eigenvalue weighted by atomic mass is 10.0. The third-order valence-corrected chi connectivity index (χ3v) is 6.18. The molecule has 3 nitrogen and oxygen atoms in total. The molecular formula is C22H27Cl2N3S. The number of benzene rings is 1. The summed E-state index contributed by atoms with van der Waals surface area (Å²) in [6.07, 6.45) is 5.54. The number of nitrogens with zero attached hydrogens (tertiary/aromatic N) is 3. The Labute approximate surface area is 184 Å². The number of pyridine rings is 1. The second-order valence-corrected chi connectivity index (χ2v) is 8.11. The highest BCUT2D eigenvalue weighted by molar-refractivity contribution is 7.15. The van der Waals surface area contributed by atoms with Crippen molar-refractivity contribution >= 4 is 36.2 Å². The van der Waals surface area contributed by atoms with Gasteiger partial charge in [0.2, 0.25) is 0 Å². The molecular weight excluding hydrogens is 409 g/mol. The quantitative estimate of drug-likeness (QED) is 0.478. The minimum atomic E-state index is 0. The summed E-state index contributed by atoms with van der Waals surface area (Å²) in [4.78, 5) is 13.3. The van der Waals surface area contributed by atoms with Gasteiger partial charge in [0.25, 0.3) is 0 Å². The van der Waals surface area contributed by atoms with Crippen LogP contribution in [0.1, 0.15) is 36.0 Å². The van der Waals surface area contributed by atoms with Crippen molar-refractivity contribution in [3.05, 3.63) is 58.9 Å². The normalized spacial score (nSPS) is 13.8. The zero-order chi connectivity index (χ0) is 17.9. The molecule has 3 heterocycles. The maximum atomic E-state index is 4.94. The van der Waals surface area contributed by atoms with Gasteiger partial charge in [-0.1, -0.05) is 30.7 Å². The minimum Gasteiger partial charge on any atom is -0.298 e. The fourth-order valence-electron chi connectivity index (χ4n) is 3.58. The number of thiazole rings is 1. The molecule has 1 fully saturated rings. The van der Waals surface area contributed by atoms with Crippen molar-refractivity contribution in [1.29, 1.82) is 0 Å². The molecule has 0 aliphatic carbocycles. The molecule has 0 spiro atoms. The highest BCUT2D eigenvalue weighted by Gasteiger charge is 2.17. The third kappa shape index (κ3) is 5.12. The van der Waals surface area contributed by atoms with Crippen molar-refractivity contribution in [1.82, 2.24) is 14.9 Å². The first-order valence-corrected chi connectivity index (χ1v) is 10.3. The van der Waals surface area contributed by atoms with E-state index in [1.807, 2.05) is 17.5 Å². The van der Waals surface area contributed by atoms with Gasteiger partial charge in [0.1, 0.15) is 0 Å². The maximum absolute atomic E-state index is 4.94. The number of likely N-dealkylation sites (tertiary alicyclic amines) is 1. The van der Waals surface area contributed by atoms with Gasteiger partial charge in [-0.15, -0.1) is 36.2 Å². The molecule has 0 atom stereocenters. The van der Waals surface area contributed by atoms with Gasteiger partial charge in [0.05, 0.1) is 21.3 Å². The van der Waals surface area contributed by atoms with Crippen molar-refractivity contribution < 1.29 is 0 Å². The lowest BCUT2D eigenvalue weighted by Gasteiger charge is -2.14. The van der Waals surface area contributed by atoms with E-state index in [2.05, 4.69) is 60.1 Å². The van der Waals surface area contributed by atoms with Crippen LogP contribution in [0, 0.1) is 6.92 Å². The summed E-state index contributed by atoms with van der Waals surface area (Å²) < 4.78 is 0. The predicted octanol–water partition coefficient (Wildman–Crippen LogP) is 6.18. The van der Waals surface area contributed by atoms with Gasteiger partial charge in [0.15, 0.2) is 0 Å². The minimum absolute atomic E-state index is 0. The zero-order valence-electron chi connectivity index (χ0n) is 16.4. The lowest BCUT2D eigenvalue weighted by molar-refractivity contribution is 0.327. The average molecular weight is 436 g/mol. The fourth-order valence-corrected chi connectivity index (χ4v) is 4.60. The molecule has 1 saturated heterocycles. The Morgan fingerprint density at radius 3 is 2.54 bits per heavy atom. The zero-order valence-corrected chi connectivity index (χ0v) is 18.8. The van der Waals surface area contributed by atoms with Crippen LogP contribution in [0.15, 0.2) is 42.6 Å². The molecule has 0 unspecified atom stereocenters. The molecule has 0 N–H and O–H groups in total. The Bertz CT molecular complexity index is 904. The van der Waals surface area contributed by atoms with Gasteiger partial charge in [-0.25, -0.2) is 4.98 Å². The Hall–Kier alpha value is -1.46. The van der Waals surface area contributed by atoms with E-state index in [-0.39, 0.29) is 24.8 Å². The number of hydrogen-bond acceptors (Lipinski definition) is 4. The lowest BCUT2D eigenvalue weighted by Crippen LogP contribution is -2.19. The first-order chi connectivity index (χ1) is 12.7. The molecule has 0 bridgehead atoms. The summed E-state index contributed by atoms with van der Waals surface area (Å²) in [5, 5.41) is 1.19. The van der Waals surface area contributed by atoms with Crippen LogP contribution in [0.3, 0.4) is 0 Å². The van der Waals surface area contributed by atoms with E-state index in [0.717, 1.165) is 24.4 Å². The molecule has 150 valence electrons. The number of rotatable bonds is 5. The summed E-state index contributed by atoms with van der Waals surface area (Å²) in [5.74, 6) is 0. The van der Waals surface area contributed by atoms with Crippen LogP contribution in [-0.4, -0.2) is 28.0 Å². The molecule has 4 rings (SSSR count). The Morgan fingerprint density at radius 1 is 1.04 bits per heavy atom. The Morgan fingerprint density at radius 2 is 1.82 bits per heavy atom. The second kappa shape index (κ2) is 10.4. The molecule has 0 saturated carbocycles. The number of halogens is 2. The van der Waals surface area contributed by atoms with Crippen LogP contribution in [0.25, 0.3) is 21.7 Å². The number of aromatic nitrogens is 2. The molecule has 1 aromatic carbocycles. The van der Waals surface area contributed by atoms with Crippen LogP contribution in [0.5, 0.6) is 0 Å². The molecule has 1 aliphatic heterocycles. The third-order valence-electron chi connectivity index (χ3n) is 4.93. The summed E-state index contributed by atoms with van der Waals surface area (Å²) >= 11 is 1.81. The van der Waals surface area contributed by atoms with Crippen molar-refractivity contribution in [2.75, 3.05) is 13.1 Å². The van der Waals surface area contributed by atoms with Gasteiger partial charge in [0, 0.05) is 18.3 Å². The van der Waals surface area contributed by atoms with Crippen molar-refractivity contribution in [2.24, 2.45) is 0 Å². The fraction of sp³-hybridized carbons (Fsp3) is 0.364. The van der Waals surface area contributed by atoms with Gasteiger partial charge >= 0.3 is 0 Å². The van der Waals surface area contributed by atoms with E-state index >= 15 is 0 Å². The van der Waals surface area contributed by atoms with Crippen molar-refractivity contribution in [3.63, 3.8) is 0 Å². The monoisotopic (exact) mass is 435 g/mol. The molecule has 0 radical (unpaired) electrons. The van der Waals surface area contributed by atoms with Gasteiger partial charge in [-0.2, -0.15) is 0 Å². The van der Waals surface area contributed by atoms with Crippen LogP contribution >= 0.6 is 36.2 Å². The summed E-state index contributed by atoms with van der Waals surface area (Å²) in [5.41, 5.74) is 5.97. The van der Waals surface area contributed by atoms with Gasteiger partial charge in [-0.05, 0) is 63.0 Å². The maximum Gasteiger partial charge on any atom is 0.0936 e. The van der Waals surface area contributed by atoms with E-state index in [1.54, 1.807) is 0 Å². The first kappa shape index (κ1) is 22.8. The van der Waals surface area contributed by atoms with E-state index in [4.69, 9.17) is 4.98 Å². The van der Waals surface area contributed by atoms with Gasteiger partial charge in [-0.3, -0.25) is 9.88 Å². The molecule has 2 aromatic heterocycles. The number of aryl methyl sites for hydroxylation is 2.